The molecule has 0 spiro atoms. The third kappa shape index (κ3) is 4.33. The highest BCUT2D eigenvalue weighted by Gasteiger charge is 2.18. The Balaban J connectivity index is 1.93. The van der Waals surface area contributed by atoms with Gasteiger partial charge in [0.05, 0.1) is 22.6 Å². The van der Waals surface area contributed by atoms with Crippen LogP contribution in [0.2, 0.25) is 0 Å². The molecule has 31 heavy (non-hydrogen) atoms. The molecule has 0 N–H and O–H groups in total. The van der Waals surface area contributed by atoms with E-state index in [0.717, 1.165) is 33.0 Å². The highest BCUT2D eigenvalue weighted by Crippen LogP contribution is 2.35. The van der Waals surface area contributed by atoms with Gasteiger partial charge in [-0.1, -0.05) is 59.4 Å². The van der Waals surface area contributed by atoms with Crippen molar-refractivity contribution in [1.82, 2.24) is 4.57 Å². The van der Waals surface area contributed by atoms with Gasteiger partial charge in [0.2, 0.25) is 4.80 Å². The van der Waals surface area contributed by atoms with Crippen molar-refractivity contribution in [2.24, 2.45) is 11.4 Å². The van der Waals surface area contributed by atoms with Crippen LogP contribution in [0.1, 0.15) is 5.56 Å². The summed E-state index contributed by atoms with van der Waals surface area (Å²) in [5.74, 6) is 0.759. The Kier molecular flexibility index (Phi) is 5.80. The Morgan fingerprint density at radius 3 is 2.13 bits per heavy atom. The lowest BCUT2D eigenvalue weighted by Crippen LogP contribution is -2.14. The zero-order valence-corrected chi connectivity index (χ0v) is 19.1. The lowest BCUT2D eigenvalue weighted by atomic mass is 10.1. The molecule has 1 aromatic heterocycles. The van der Waals surface area contributed by atoms with Gasteiger partial charge in [0.1, 0.15) is 5.75 Å². The molecule has 0 aliphatic rings. The largest absolute Gasteiger partial charge is 0.497 e. The first-order valence-electron chi connectivity index (χ1n) is 9.66. The van der Waals surface area contributed by atoms with Crippen LogP contribution in [0, 0.1) is 6.92 Å². The van der Waals surface area contributed by atoms with Gasteiger partial charge in [0.15, 0.2) is 0 Å². The molecule has 0 radical (unpaired) electrons. The van der Waals surface area contributed by atoms with E-state index in [0.29, 0.717) is 4.80 Å². The summed E-state index contributed by atoms with van der Waals surface area (Å²) >= 11 is 1.35. The lowest BCUT2D eigenvalue weighted by molar-refractivity contribution is 0.415. The van der Waals surface area contributed by atoms with Crippen molar-refractivity contribution in [2.75, 3.05) is 7.11 Å². The second kappa shape index (κ2) is 8.53. The molecule has 0 fully saturated rings. The fraction of sp³-hybridized carbons (Fsp3) is 0.125. The quantitative estimate of drug-likeness (QED) is 0.429. The van der Waals surface area contributed by atoms with E-state index >= 15 is 0 Å². The van der Waals surface area contributed by atoms with Gasteiger partial charge < -0.3 is 9.30 Å². The highest BCUT2D eigenvalue weighted by molar-refractivity contribution is 7.90. The second-order valence-electron chi connectivity index (χ2n) is 7.10. The van der Waals surface area contributed by atoms with Crippen LogP contribution in [0.3, 0.4) is 0 Å². The van der Waals surface area contributed by atoms with E-state index < -0.39 is 10.0 Å². The Bertz CT molecular complexity index is 1370. The average Bonchev–Trinajstić information content (AvgIpc) is 3.10. The molecule has 3 aromatic carbocycles. The predicted octanol–water partition coefficient (Wildman–Crippen LogP) is 5.03. The first kappa shape index (κ1) is 21.1. The van der Waals surface area contributed by atoms with Crippen LogP contribution in [-0.4, -0.2) is 20.1 Å². The van der Waals surface area contributed by atoms with Gasteiger partial charge >= 0.3 is 0 Å². The van der Waals surface area contributed by atoms with Crippen LogP contribution in [0.4, 0.5) is 0 Å². The molecule has 1 heterocycles. The van der Waals surface area contributed by atoms with E-state index in [9.17, 15) is 8.42 Å². The second-order valence-corrected chi connectivity index (χ2v) is 9.68. The van der Waals surface area contributed by atoms with E-state index in [2.05, 4.69) is 4.40 Å². The Labute approximate surface area is 186 Å². The van der Waals surface area contributed by atoms with E-state index in [1.54, 1.807) is 31.4 Å². The van der Waals surface area contributed by atoms with Crippen molar-refractivity contribution >= 4 is 21.4 Å². The minimum atomic E-state index is -3.84. The molecule has 4 aromatic rings. The molecule has 0 bridgehead atoms. The molecular formula is C24H22N2O3S2. The van der Waals surface area contributed by atoms with Gasteiger partial charge in [-0.2, -0.15) is 8.42 Å². The molecule has 0 unspecified atom stereocenters. The summed E-state index contributed by atoms with van der Waals surface area (Å²) in [4.78, 5) is 1.54. The van der Waals surface area contributed by atoms with E-state index in [1.807, 2.05) is 73.1 Å². The Morgan fingerprint density at radius 2 is 1.52 bits per heavy atom. The third-order valence-corrected chi connectivity index (χ3v) is 7.52. The molecule has 0 saturated heterocycles. The number of benzene rings is 3. The van der Waals surface area contributed by atoms with Gasteiger partial charge in [0, 0.05) is 7.05 Å². The van der Waals surface area contributed by atoms with Crippen molar-refractivity contribution in [3.05, 3.63) is 89.2 Å². The maximum absolute atomic E-state index is 13.0. The SMILES string of the molecule is COc1ccc(-c2c(-c3ccccc3)sc(=NS(=O)(=O)c3ccc(C)cc3)n2C)cc1. The third-order valence-electron chi connectivity index (χ3n) is 4.95. The summed E-state index contributed by atoms with van der Waals surface area (Å²) in [6, 6.07) is 24.3. The van der Waals surface area contributed by atoms with Crippen molar-refractivity contribution in [1.29, 1.82) is 0 Å². The Hall–Kier alpha value is -3.16. The average molecular weight is 451 g/mol. The smallest absolute Gasteiger partial charge is 0.285 e. The summed E-state index contributed by atoms with van der Waals surface area (Å²) in [5, 5.41) is 0. The van der Waals surface area contributed by atoms with E-state index in [-0.39, 0.29) is 4.90 Å². The van der Waals surface area contributed by atoms with Gasteiger partial charge in [-0.25, -0.2) is 0 Å². The number of hydrogen-bond acceptors (Lipinski definition) is 4. The molecule has 4 rings (SSSR count). The fourth-order valence-corrected chi connectivity index (χ4v) is 5.63. The normalized spacial score (nSPS) is 12.2. The summed E-state index contributed by atoms with van der Waals surface area (Å²) in [6.45, 7) is 1.92. The van der Waals surface area contributed by atoms with E-state index in [1.165, 1.54) is 11.3 Å². The summed E-state index contributed by atoms with van der Waals surface area (Å²) in [7, 11) is -0.370. The molecule has 0 aliphatic heterocycles. The maximum atomic E-state index is 13.0. The molecule has 5 nitrogen and oxygen atoms in total. The van der Waals surface area contributed by atoms with Gasteiger partial charge in [0.25, 0.3) is 10.0 Å². The molecule has 0 amide bonds. The number of thiazole rings is 1. The zero-order valence-electron chi connectivity index (χ0n) is 17.4. The number of hydrogen-bond donors (Lipinski definition) is 0. The van der Waals surface area contributed by atoms with Crippen LogP contribution in [0.5, 0.6) is 5.75 Å². The van der Waals surface area contributed by atoms with Crippen LogP contribution >= 0.6 is 11.3 Å². The maximum Gasteiger partial charge on any atom is 0.285 e. The van der Waals surface area contributed by atoms with E-state index in [4.69, 9.17) is 4.74 Å². The molecule has 7 heteroatoms. The minimum Gasteiger partial charge on any atom is -0.497 e. The van der Waals surface area contributed by atoms with Crippen LogP contribution in [0.15, 0.2) is 88.2 Å². The first-order chi connectivity index (χ1) is 14.9. The lowest BCUT2D eigenvalue weighted by Gasteiger charge is -2.08. The number of sulfonamides is 1. The van der Waals surface area contributed by atoms with Gasteiger partial charge in [-0.3, -0.25) is 0 Å². The number of nitrogens with zero attached hydrogens (tertiary/aromatic N) is 2. The topological polar surface area (TPSA) is 60.7 Å². The number of ether oxygens (including phenoxy) is 1. The number of rotatable bonds is 5. The van der Waals surface area contributed by atoms with Crippen molar-refractivity contribution < 1.29 is 13.2 Å². The highest BCUT2D eigenvalue weighted by atomic mass is 32.2. The zero-order chi connectivity index (χ0) is 22.0. The molecule has 0 aliphatic carbocycles. The summed E-state index contributed by atoms with van der Waals surface area (Å²) < 4.78 is 37.2. The summed E-state index contributed by atoms with van der Waals surface area (Å²) in [6.07, 6.45) is 0. The van der Waals surface area contributed by atoms with Crippen LogP contribution in [-0.2, 0) is 17.1 Å². The molecular weight excluding hydrogens is 428 g/mol. The molecule has 0 atom stereocenters. The fourth-order valence-electron chi connectivity index (χ4n) is 3.26. The van der Waals surface area contributed by atoms with Crippen LogP contribution in [0.25, 0.3) is 21.7 Å². The first-order valence-corrected chi connectivity index (χ1v) is 11.9. The molecule has 0 saturated carbocycles. The van der Waals surface area contributed by atoms with Gasteiger partial charge in [-0.05, 0) is 54.4 Å². The minimum absolute atomic E-state index is 0.179. The van der Waals surface area contributed by atoms with Crippen molar-refractivity contribution in [3.8, 4) is 27.4 Å². The summed E-state index contributed by atoms with van der Waals surface area (Å²) in [5.41, 5.74) is 3.85. The predicted molar refractivity (Wildman–Crippen MR) is 125 cm³/mol. The number of aromatic nitrogens is 1. The Morgan fingerprint density at radius 1 is 0.871 bits per heavy atom. The molecule has 158 valence electrons. The van der Waals surface area contributed by atoms with Crippen LogP contribution < -0.4 is 9.54 Å². The monoisotopic (exact) mass is 450 g/mol. The number of aryl methyl sites for hydroxylation is 1. The number of methoxy groups -OCH3 is 1. The van der Waals surface area contributed by atoms with Crippen molar-refractivity contribution in [3.63, 3.8) is 0 Å². The van der Waals surface area contributed by atoms with Crippen molar-refractivity contribution in [2.45, 2.75) is 11.8 Å². The van der Waals surface area contributed by atoms with Gasteiger partial charge in [-0.15, -0.1) is 4.40 Å². The standard InChI is InChI=1S/C24H22N2O3S2/c1-17-9-15-21(16-10-17)31(27,28)25-24-26(2)22(18-11-13-20(29-3)14-12-18)23(30-24)19-7-5-4-6-8-19/h4-16H,1-3H3.